The number of ether oxygens (including phenoxy) is 1. The van der Waals surface area contributed by atoms with E-state index in [9.17, 15) is 4.79 Å². The Balaban J connectivity index is 2.65. The Morgan fingerprint density at radius 3 is 2.70 bits per heavy atom. The van der Waals surface area contributed by atoms with Gasteiger partial charge in [-0.1, -0.05) is 30.3 Å². The molecule has 0 spiro atoms. The molecule has 0 bridgehead atoms. The second-order valence-corrected chi connectivity index (χ2v) is 5.61. The highest BCUT2D eigenvalue weighted by atomic mass is 32.2. The van der Waals surface area contributed by atoms with E-state index >= 15 is 0 Å². The van der Waals surface area contributed by atoms with Crippen molar-refractivity contribution in [2.45, 2.75) is 19.0 Å². The number of nitrogens with two attached hydrogens (primary N) is 1. The number of hydrogen-bond acceptors (Lipinski definition) is 4. The zero-order valence-electron chi connectivity index (χ0n) is 12.2. The first-order valence-corrected chi connectivity index (χ1v) is 8.14. The van der Waals surface area contributed by atoms with Crippen LogP contribution in [0.3, 0.4) is 0 Å². The average molecular weight is 296 g/mol. The van der Waals surface area contributed by atoms with Gasteiger partial charge in [-0.05, 0) is 24.0 Å². The third kappa shape index (κ3) is 5.94. The maximum Gasteiger partial charge on any atom is 0.239 e. The second kappa shape index (κ2) is 9.80. The molecule has 0 heterocycles. The monoisotopic (exact) mass is 296 g/mol. The van der Waals surface area contributed by atoms with Gasteiger partial charge in [-0.2, -0.15) is 11.8 Å². The minimum atomic E-state index is -0.428. The first-order valence-electron chi connectivity index (χ1n) is 6.75. The molecule has 0 saturated carbocycles. The van der Waals surface area contributed by atoms with E-state index in [4.69, 9.17) is 10.5 Å². The lowest BCUT2D eigenvalue weighted by atomic mass is 10.1. The summed E-state index contributed by atoms with van der Waals surface area (Å²) in [6, 6.07) is 9.52. The highest BCUT2D eigenvalue weighted by molar-refractivity contribution is 7.98. The molecule has 0 aromatic heterocycles. The van der Waals surface area contributed by atoms with Crippen LogP contribution in [-0.4, -0.2) is 49.1 Å². The van der Waals surface area contributed by atoms with Crippen molar-refractivity contribution in [3.8, 4) is 0 Å². The van der Waals surface area contributed by atoms with E-state index in [1.165, 1.54) is 0 Å². The Morgan fingerprint density at radius 1 is 1.40 bits per heavy atom. The SMILES string of the molecule is COCCN(Cc1ccccc1)C(=O)[C@H](N)CCSC. The highest BCUT2D eigenvalue weighted by Crippen LogP contribution is 2.08. The molecule has 4 nitrogen and oxygen atoms in total. The fourth-order valence-electron chi connectivity index (χ4n) is 1.88. The Labute approximate surface area is 125 Å². The maximum atomic E-state index is 12.4. The summed E-state index contributed by atoms with van der Waals surface area (Å²) in [5, 5.41) is 0. The molecule has 0 aliphatic rings. The molecule has 1 rings (SSSR count). The zero-order chi connectivity index (χ0) is 14.8. The topological polar surface area (TPSA) is 55.6 Å². The van der Waals surface area contributed by atoms with Crippen molar-refractivity contribution in [1.82, 2.24) is 4.90 Å². The van der Waals surface area contributed by atoms with Gasteiger partial charge in [0.2, 0.25) is 5.91 Å². The molecule has 0 fully saturated rings. The molecular formula is C15H24N2O2S. The van der Waals surface area contributed by atoms with Gasteiger partial charge in [0.15, 0.2) is 0 Å². The minimum absolute atomic E-state index is 0.0000435. The van der Waals surface area contributed by atoms with Crippen molar-refractivity contribution in [2.24, 2.45) is 5.73 Å². The van der Waals surface area contributed by atoms with Crippen LogP contribution in [0.1, 0.15) is 12.0 Å². The zero-order valence-corrected chi connectivity index (χ0v) is 13.1. The lowest BCUT2D eigenvalue weighted by molar-refractivity contribution is -0.133. The van der Waals surface area contributed by atoms with E-state index < -0.39 is 6.04 Å². The number of nitrogens with zero attached hydrogens (tertiary/aromatic N) is 1. The summed E-state index contributed by atoms with van der Waals surface area (Å²) in [7, 11) is 1.64. The fourth-order valence-corrected chi connectivity index (χ4v) is 2.36. The van der Waals surface area contributed by atoms with Crippen LogP contribution < -0.4 is 5.73 Å². The van der Waals surface area contributed by atoms with E-state index in [1.807, 2.05) is 36.6 Å². The van der Waals surface area contributed by atoms with Crippen LogP contribution in [0.5, 0.6) is 0 Å². The van der Waals surface area contributed by atoms with Crippen molar-refractivity contribution < 1.29 is 9.53 Å². The predicted molar refractivity (Wildman–Crippen MR) is 84.7 cm³/mol. The van der Waals surface area contributed by atoms with Crippen LogP contribution in [0.25, 0.3) is 0 Å². The largest absolute Gasteiger partial charge is 0.383 e. The second-order valence-electron chi connectivity index (χ2n) is 4.63. The summed E-state index contributed by atoms with van der Waals surface area (Å²) in [4.78, 5) is 14.2. The smallest absolute Gasteiger partial charge is 0.239 e. The number of thioether (sulfide) groups is 1. The number of methoxy groups -OCH3 is 1. The van der Waals surface area contributed by atoms with Gasteiger partial charge in [-0.25, -0.2) is 0 Å². The molecule has 1 aromatic rings. The van der Waals surface area contributed by atoms with E-state index in [0.29, 0.717) is 26.1 Å². The van der Waals surface area contributed by atoms with Crippen molar-refractivity contribution in [3.63, 3.8) is 0 Å². The van der Waals surface area contributed by atoms with Crippen LogP contribution in [0.15, 0.2) is 30.3 Å². The van der Waals surface area contributed by atoms with Gasteiger partial charge in [0.1, 0.15) is 0 Å². The molecule has 0 unspecified atom stereocenters. The van der Waals surface area contributed by atoms with Crippen LogP contribution in [0, 0.1) is 0 Å². The van der Waals surface area contributed by atoms with E-state index in [1.54, 1.807) is 23.8 Å². The molecule has 112 valence electrons. The Hall–Kier alpha value is -1.04. The molecule has 20 heavy (non-hydrogen) atoms. The van der Waals surface area contributed by atoms with Gasteiger partial charge in [-0.3, -0.25) is 4.79 Å². The first kappa shape index (κ1) is 17.0. The van der Waals surface area contributed by atoms with Crippen molar-refractivity contribution in [1.29, 1.82) is 0 Å². The molecule has 0 radical (unpaired) electrons. The predicted octanol–water partition coefficient (Wildman–Crippen LogP) is 1.74. The van der Waals surface area contributed by atoms with E-state index in [-0.39, 0.29) is 5.91 Å². The van der Waals surface area contributed by atoms with Crippen molar-refractivity contribution in [2.75, 3.05) is 32.3 Å². The van der Waals surface area contributed by atoms with Crippen LogP contribution in [0.4, 0.5) is 0 Å². The number of carbonyl (C=O) groups is 1. The highest BCUT2D eigenvalue weighted by Gasteiger charge is 2.20. The third-order valence-electron chi connectivity index (χ3n) is 3.04. The number of hydrogen-bond donors (Lipinski definition) is 1. The lowest BCUT2D eigenvalue weighted by Crippen LogP contribution is -2.45. The fraction of sp³-hybridized carbons (Fsp3) is 0.533. The molecule has 0 aliphatic heterocycles. The van der Waals surface area contributed by atoms with E-state index in [2.05, 4.69) is 0 Å². The Bertz CT molecular complexity index is 387. The van der Waals surface area contributed by atoms with Gasteiger partial charge >= 0.3 is 0 Å². The minimum Gasteiger partial charge on any atom is -0.383 e. The maximum absolute atomic E-state index is 12.4. The summed E-state index contributed by atoms with van der Waals surface area (Å²) in [5.41, 5.74) is 7.09. The first-order chi connectivity index (χ1) is 9.69. The normalized spacial score (nSPS) is 12.2. The van der Waals surface area contributed by atoms with Gasteiger partial charge < -0.3 is 15.4 Å². The Morgan fingerprint density at radius 2 is 2.10 bits per heavy atom. The van der Waals surface area contributed by atoms with Gasteiger partial charge in [0.05, 0.1) is 12.6 Å². The molecule has 1 atom stereocenters. The summed E-state index contributed by atoms with van der Waals surface area (Å²) in [6.45, 7) is 1.67. The number of rotatable bonds is 9. The van der Waals surface area contributed by atoms with Crippen molar-refractivity contribution >= 4 is 17.7 Å². The molecule has 0 aliphatic carbocycles. The quantitative estimate of drug-likeness (QED) is 0.754. The lowest BCUT2D eigenvalue weighted by Gasteiger charge is -2.25. The Kier molecular flexibility index (Phi) is 8.34. The van der Waals surface area contributed by atoms with Crippen LogP contribution >= 0.6 is 11.8 Å². The third-order valence-corrected chi connectivity index (χ3v) is 3.69. The molecule has 2 N–H and O–H groups in total. The molecule has 1 amide bonds. The number of amides is 1. The summed E-state index contributed by atoms with van der Waals surface area (Å²) in [6.07, 6.45) is 2.72. The number of benzene rings is 1. The van der Waals surface area contributed by atoms with Gasteiger partial charge in [0.25, 0.3) is 0 Å². The van der Waals surface area contributed by atoms with E-state index in [0.717, 1.165) is 11.3 Å². The standard InChI is InChI=1S/C15H24N2O2S/c1-19-10-9-17(12-13-6-4-3-5-7-13)15(18)14(16)8-11-20-2/h3-7,14H,8-12,16H2,1-2H3/t14-/m1/s1. The molecule has 1 aromatic carbocycles. The molecular weight excluding hydrogens is 272 g/mol. The molecule has 5 heteroatoms. The van der Waals surface area contributed by atoms with Crippen LogP contribution in [-0.2, 0) is 16.1 Å². The van der Waals surface area contributed by atoms with Gasteiger partial charge in [0, 0.05) is 20.2 Å². The summed E-state index contributed by atoms with van der Waals surface area (Å²) in [5.74, 6) is 0.899. The summed E-state index contributed by atoms with van der Waals surface area (Å²) >= 11 is 1.71. The van der Waals surface area contributed by atoms with Crippen LogP contribution in [0.2, 0.25) is 0 Å². The van der Waals surface area contributed by atoms with Gasteiger partial charge in [-0.15, -0.1) is 0 Å². The average Bonchev–Trinajstić information content (AvgIpc) is 2.49. The summed E-state index contributed by atoms with van der Waals surface area (Å²) < 4.78 is 5.08. The van der Waals surface area contributed by atoms with Crippen molar-refractivity contribution in [3.05, 3.63) is 35.9 Å². The number of carbonyl (C=O) groups excluding carboxylic acids is 1. The molecule has 0 saturated heterocycles.